The lowest BCUT2D eigenvalue weighted by Crippen LogP contribution is -2.29. The van der Waals surface area contributed by atoms with Gasteiger partial charge in [-0.25, -0.2) is 0 Å². The van der Waals surface area contributed by atoms with E-state index in [-0.39, 0.29) is 0 Å². The molecule has 0 saturated heterocycles. The molecule has 0 radical (unpaired) electrons. The van der Waals surface area contributed by atoms with Crippen LogP contribution in [0, 0.1) is 0 Å². The number of aromatic nitrogens is 2. The van der Waals surface area contributed by atoms with E-state index >= 15 is 0 Å². The summed E-state index contributed by atoms with van der Waals surface area (Å²) in [6.07, 6.45) is 8.61. The second-order valence-electron chi connectivity index (χ2n) is 5.19. The average Bonchev–Trinajstić information content (AvgIpc) is 2.96. The van der Waals surface area contributed by atoms with E-state index in [1.54, 1.807) is 5.57 Å². The van der Waals surface area contributed by atoms with Crippen molar-refractivity contribution >= 4 is 44.8 Å². The van der Waals surface area contributed by atoms with Gasteiger partial charge < -0.3 is 10.6 Å². The lowest BCUT2D eigenvalue weighted by molar-refractivity contribution is 0.669. The first-order chi connectivity index (χ1) is 10.3. The van der Waals surface area contributed by atoms with Crippen LogP contribution < -0.4 is 10.6 Å². The van der Waals surface area contributed by atoms with E-state index in [1.165, 1.54) is 37.2 Å². The number of thiocarbonyl (C=S) groups is 1. The van der Waals surface area contributed by atoms with Crippen molar-refractivity contribution in [1.29, 1.82) is 0 Å². The van der Waals surface area contributed by atoms with Crippen molar-refractivity contribution in [2.45, 2.75) is 32.1 Å². The molecular formula is C15H18N4S2. The molecular weight excluding hydrogens is 300 g/mol. The SMILES string of the molecule is S=C(NCCC1=CCCCC1)Nc1ccc2snnc2c1. The maximum absolute atomic E-state index is 5.33. The summed E-state index contributed by atoms with van der Waals surface area (Å²) in [6, 6.07) is 5.98. The molecule has 0 atom stereocenters. The van der Waals surface area contributed by atoms with Crippen LogP contribution in [-0.2, 0) is 0 Å². The molecule has 4 nitrogen and oxygen atoms in total. The molecule has 0 unspecified atom stereocenters. The van der Waals surface area contributed by atoms with Gasteiger partial charge in [-0.05, 0) is 74.1 Å². The molecule has 0 aliphatic heterocycles. The van der Waals surface area contributed by atoms with Crippen LogP contribution in [0.5, 0.6) is 0 Å². The zero-order valence-corrected chi connectivity index (χ0v) is 13.4. The van der Waals surface area contributed by atoms with E-state index in [9.17, 15) is 0 Å². The van der Waals surface area contributed by atoms with Crippen LogP contribution in [0.4, 0.5) is 5.69 Å². The maximum Gasteiger partial charge on any atom is 0.170 e. The number of nitrogens with one attached hydrogen (secondary N) is 2. The average molecular weight is 318 g/mol. The molecule has 2 aromatic rings. The third-order valence-corrected chi connectivity index (χ3v) is 4.57. The molecule has 1 aromatic heterocycles. The van der Waals surface area contributed by atoms with Gasteiger partial charge in [-0.15, -0.1) is 5.10 Å². The van der Waals surface area contributed by atoms with Crippen LogP contribution in [0.1, 0.15) is 32.1 Å². The summed E-state index contributed by atoms with van der Waals surface area (Å²) in [5.74, 6) is 0. The molecule has 6 heteroatoms. The van der Waals surface area contributed by atoms with Crippen molar-refractivity contribution in [3.05, 3.63) is 29.8 Å². The zero-order chi connectivity index (χ0) is 14.5. The highest BCUT2D eigenvalue weighted by Crippen LogP contribution is 2.20. The maximum atomic E-state index is 5.33. The summed E-state index contributed by atoms with van der Waals surface area (Å²) in [6.45, 7) is 0.887. The number of nitrogens with zero attached hydrogens (tertiary/aromatic N) is 2. The third-order valence-electron chi connectivity index (χ3n) is 3.62. The first-order valence-corrected chi connectivity index (χ1v) is 8.44. The van der Waals surface area contributed by atoms with Crippen molar-refractivity contribution in [3.63, 3.8) is 0 Å². The summed E-state index contributed by atoms with van der Waals surface area (Å²) < 4.78 is 5.02. The lowest BCUT2D eigenvalue weighted by atomic mass is 9.97. The smallest absolute Gasteiger partial charge is 0.170 e. The third kappa shape index (κ3) is 3.98. The largest absolute Gasteiger partial charge is 0.362 e. The number of anilines is 1. The Morgan fingerprint density at radius 2 is 2.29 bits per heavy atom. The van der Waals surface area contributed by atoms with Crippen molar-refractivity contribution < 1.29 is 0 Å². The van der Waals surface area contributed by atoms with Crippen molar-refractivity contribution in [3.8, 4) is 0 Å². The van der Waals surface area contributed by atoms with Gasteiger partial charge in [0.25, 0.3) is 0 Å². The minimum Gasteiger partial charge on any atom is -0.362 e. The molecule has 1 heterocycles. The second kappa shape index (κ2) is 6.95. The van der Waals surface area contributed by atoms with E-state index in [0.29, 0.717) is 5.11 Å². The van der Waals surface area contributed by atoms with Gasteiger partial charge in [0.05, 0.1) is 4.70 Å². The number of rotatable bonds is 4. The summed E-state index contributed by atoms with van der Waals surface area (Å²) in [5, 5.41) is 11.2. The Hall–Kier alpha value is -1.53. The van der Waals surface area contributed by atoms with E-state index in [1.807, 2.05) is 18.2 Å². The number of allylic oxidation sites excluding steroid dienone is 1. The fourth-order valence-electron chi connectivity index (χ4n) is 2.50. The first-order valence-electron chi connectivity index (χ1n) is 7.26. The van der Waals surface area contributed by atoms with E-state index in [2.05, 4.69) is 26.3 Å². The minimum absolute atomic E-state index is 0.661. The Balaban J connectivity index is 1.48. The monoisotopic (exact) mass is 318 g/mol. The molecule has 0 spiro atoms. The molecule has 110 valence electrons. The Bertz CT molecular complexity index is 662. The Kier molecular flexibility index (Phi) is 4.77. The predicted octanol–water partition coefficient (Wildman–Crippen LogP) is 3.87. The highest BCUT2D eigenvalue weighted by molar-refractivity contribution is 7.80. The Labute approximate surface area is 133 Å². The van der Waals surface area contributed by atoms with Crippen molar-refractivity contribution in [2.24, 2.45) is 0 Å². The van der Waals surface area contributed by atoms with Gasteiger partial charge in [0.2, 0.25) is 0 Å². The van der Waals surface area contributed by atoms with E-state index in [4.69, 9.17) is 12.2 Å². The molecule has 21 heavy (non-hydrogen) atoms. The van der Waals surface area contributed by atoms with Crippen LogP contribution in [0.25, 0.3) is 10.2 Å². The van der Waals surface area contributed by atoms with E-state index in [0.717, 1.165) is 28.9 Å². The predicted molar refractivity (Wildman–Crippen MR) is 92.8 cm³/mol. The van der Waals surface area contributed by atoms with E-state index < -0.39 is 0 Å². The Morgan fingerprint density at radius 3 is 3.14 bits per heavy atom. The first kappa shape index (κ1) is 14.4. The molecule has 1 aromatic carbocycles. The number of hydrogen-bond acceptors (Lipinski definition) is 4. The van der Waals surface area contributed by atoms with Crippen LogP contribution in [0.2, 0.25) is 0 Å². The molecule has 0 saturated carbocycles. The van der Waals surface area contributed by atoms with Gasteiger partial charge in [-0.1, -0.05) is 16.1 Å². The summed E-state index contributed by atoms with van der Waals surface area (Å²) >= 11 is 6.73. The molecule has 0 amide bonds. The minimum atomic E-state index is 0.661. The van der Waals surface area contributed by atoms with Crippen LogP contribution >= 0.6 is 23.8 Å². The molecule has 1 aliphatic carbocycles. The van der Waals surface area contributed by atoms with Gasteiger partial charge in [-0.3, -0.25) is 0 Å². The van der Waals surface area contributed by atoms with Gasteiger partial charge in [0.1, 0.15) is 5.52 Å². The molecule has 0 fully saturated rings. The fraction of sp³-hybridized carbons (Fsp3) is 0.400. The normalized spacial score (nSPS) is 14.8. The van der Waals surface area contributed by atoms with Gasteiger partial charge in [-0.2, -0.15) is 0 Å². The van der Waals surface area contributed by atoms with Gasteiger partial charge in [0, 0.05) is 12.2 Å². The highest BCUT2D eigenvalue weighted by Gasteiger charge is 2.05. The molecule has 2 N–H and O–H groups in total. The molecule has 1 aliphatic rings. The van der Waals surface area contributed by atoms with Gasteiger partial charge >= 0.3 is 0 Å². The van der Waals surface area contributed by atoms with Crippen LogP contribution in [0.15, 0.2) is 29.8 Å². The standard InChI is InChI=1S/C15H18N4S2/c20-15(16-9-8-11-4-2-1-3-5-11)17-12-6-7-14-13(10-12)18-19-21-14/h4,6-7,10H,1-3,5,8-9H2,(H2,16,17,20). The Morgan fingerprint density at radius 1 is 1.33 bits per heavy atom. The molecule has 3 rings (SSSR count). The van der Waals surface area contributed by atoms with Crippen molar-refractivity contribution in [1.82, 2.24) is 14.9 Å². The quantitative estimate of drug-likeness (QED) is 0.662. The fourth-order valence-corrected chi connectivity index (χ4v) is 3.26. The highest BCUT2D eigenvalue weighted by atomic mass is 32.1. The molecule has 0 bridgehead atoms. The number of hydrogen-bond donors (Lipinski definition) is 2. The van der Waals surface area contributed by atoms with Gasteiger partial charge in [0.15, 0.2) is 5.11 Å². The zero-order valence-electron chi connectivity index (χ0n) is 11.8. The van der Waals surface area contributed by atoms with Crippen LogP contribution in [0.3, 0.4) is 0 Å². The number of benzene rings is 1. The summed E-state index contributed by atoms with van der Waals surface area (Å²) in [5.41, 5.74) is 3.41. The van der Waals surface area contributed by atoms with Crippen molar-refractivity contribution in [2.75, 3.05) is 11.9 Å². The lowest BCUT2D eigenvalue weighted by Gasteiger charge is -2.14. The summed E-state index contributed by atoms with van der Waals surface area (Å²) in [7, 11) is 0. The summed E-state index contributed by atoms with van der Waals surface area (Å²) in [4.78, 5) is 0. The number of fused-ring (bicyclic) bond motifs is 1. The topological polar surface area (TPSA) is 49.8 Å². The second-order valence-corrected chi connectivity index (χ2v) is 6.39. The van der Waals surface area contributed by atoms with Crippen LogP contribution in [-0.4, -0.2) is 21.2 Å².